The van der Waals surface area contributed by atoms with Crippen molar-refractivity contribution in [1.82, 2.24) is 10.7 Å². The lowest BCUT2D eigenvalue weighted by Crippen LogP contribution is -2.48. The van der Waals surface area contributed by atoms with E-state index in [1.807, 2.05) is 24.0 Å². The van der Waals surface area contributed by atoms with Crippen molar-refractivity contribution >= 4 is 23.3 Å². The summed E-state index contributed by atoms with van der Waals surface area (Å²) in [5, 5.41) is 7.01. The predicted molar refractivity (Wildman–Crippen MR) is 94.3 cm³/mol. The fourth-order valence-corrected chi connectivity index (χ4v) is 3.29. The van der Waals surface area contributed by atoms with E-state index in [4.69, 9.17) is 0 Å². The Labute approximate surface area is 142 Å². The van der Waals surface area contributed by atoms with Gasteiger partial charge in [-0.1, -0.05) is 19.4 Å². The van der Waals surface area contributed by atoms with Gasteiger partial charge in [-0.2, -0.15) is 5.10 Å². The molecule has 0 aromatic heterocycles. The van der Waals surface area contributed by atoms with E-state index < -0.39 is 0 Å². The lowest BCUT2D eigenvalue weighted by molar-refractivity contribution is -0.118. The number of carbonyl (C=O) groups is 2. The summed E-state index contributed by atoms with van der Waals surface area (Å²) in [6.07, 6.45) is 4.43. The summed E-state index contributed by atoms with van der Waals surface area (Å²) in [6, 6.07) is 5.71. The van der Waals surface area contributed by atoms with Gasteiger partial charge in [-0.15, -0.1) is 0 Å². The van der Waals surface area contributed by atoms with Gasteiger partial charge < -0.3 is 10.2 Å². The second kappa shape index (κ2) is 7.03. The molecule has 6 heteroatoms. The Balaban J connectivity index is 1.93. The molecule has 1 atom stereocenters. The number of nitrogens with one attached hydrogen (secondary N) is 2. The first-order valence-corrected chi connectivity index (χ1v) is 8.68. The van der Waals surface area contributed by atoms with Gasteiger partial charge in [-0.25, -0.2) is 10.2 Å². The average Bonchev–Trinajstić information content (AvgIpc) is 2.71. The smallest absolute Gasteiger partial charge is 0.328 e. The Hall–Kier alpha value is -2.37. The molecule has 0 saturated heterocycles. The minimum absolute atomic E-state index is 0.139. The Morgan fingerprint density at radius 2 is 2.12 bits per heavy atom. The van der Waals surface area contributed by atoms with Crippen LogP contribution in [0.3, 0.4) is 0 Å². The molecule has 2 heterocycles. The molecule has 2 aliphatic rings. The van der Waals surface area contributed by atoms with Gasteiger partial charge in [0.25, 0.3) is 0 Å². The molecular weight excluding hydrogens is 304 g/mol. The van der Waals surface area contributed by atoms with Crippen molar-refractivity contribution < 1.29 is 9.59 Å². The number of benzene rings is 1. The summed E-state index contributed by atoms with van der Waals surface area (Å²) < 4.78 is 0. The van der Waals surface area contributed by atoms with Crippen molar-refractivity contribution in [2.24, 2.45) is 5.10 Å². The first-order valence-electron chi connectivity index (χ1n) is 8.68. The van der Waals surface area contributed by atoms with Crippen LogP contribution >= 0.6 is 0 Å². The maximum Gasteiger partial charge on any atom is 0.335 e. The van der Waals surface area contributed by atoms with Crippen molar-refractivity contribution in [2.45, 2.75) is 52.0 Å². The highest BCUT2D eigenvalue weighted by atomic mass is 16.2. The molecule has 3 rings (SSSR count). The van der Waals surface area contributed by atoms with Gasteiger partial charge in [-0.3, -0.25) is 4.79 Å². The molecule has 24 heavy (non-hydrogen) atoms. The van der Waals surface area contributed by atoms with Crippen LogP contribution in [0.1, 0.15) is 50.7 Å². The van der Waals surface area contributed by atoms with E-state index in [-0.39, 0.29) is 18.0 Å². The minimum Gasteiger partial charge on any atom is -0.328 e. The van der Waals surface area contributed by atoms with E-state index in [0.29, 0.717) is 6.42 Å². The van der Waals surface area contributed by atoms with Crippen LogP contribution in [0, 0.1) is 0 Å². The molecule has 2 N–H and O–H groups in total. The van der Waals surface area contributed by atoms with Gasteiger partial charge in [-0.05, 0) is 43.9 Å². The third-order valence-corrected chi connectivity index (χ3v) is 4.57. The molecule has 0 saturated carbocycles. The van der Waals surface area contributed by atoms with E-state index >= 15 is 0 Å². The molecular formula is C18H24N4O2. The molecule has 3 amide bonds. The van der Waals surface area contributed by atoms with Crippen molar-refractivity contribution in [3.05, 3.63) is 29.3 Å². The first-order chi connectivity index (χ1) is 11.6. The number of hydrogen-bond acceptors (Lipinski definition) is 3. The lowest BCUT2D eigenvalue weighted by Gasteiger charge is -2.25. The molecule has 6 nitrogen and oxygen atoms in total. The zero-order chi connectivity index (χ0) is 17.1. The summed E-state index contributed by atoms with van der Waals surface area (Å²) in [4.78, 5) is 25.7. The quantitative estimate of drug-likeness (QED) is 0.891. The van der Waals surface area contributed by atoms with Gasteiger partial charge in [0.05, 0.1) is 11.8 Å². The number of hydrazone groups is 1. The van der Waals surface area contributed by atoms with Crippen LogP contribution < -0.4 is 15.6 Å². The Kier molecular flexibility index (Phi) is 4.83. The van der Waals surface area contributed by atoms with Crippen LogP contribution in [-0.4, -0.2) is 30.2 Å². The maximum atomic E-state index is 12.4. The summed E-state index contributed by atoms with van der Waals surface area (Å²) in [5.74, 6) is 0.215. The highest BCUT2D eigenvalue weighted by molar-refractivity contribution is 6.08. The van der Waals surface area contributed by atoms with Gasteiger partial charge in [0.2, 0.25) is 5.91 Å². The number of unbranched alkanes of at least 4 members (excludes halogenated alkanes) is 1. The van der Waals surface area contributed by atoms with Crippen molar-refractivity contribution in [2.75, 3.05) is 11.4 Å². The lowest BCUT2D eigenvalue weighted by atomic mass is 9.98. The van der Waals surface area contributed by atoms with E-state index in [1.54, 1.807) is 0 Å². The van der Waals surface area contributed by atoms with Crippen molar-refractivity contribution in [1.29, 1.82) is 0 Å². The topological polar surface area (TPSA) is 73.8 Å². The van der Waals surface area contributed by atoms with Crippen LogP contribution in [0.15, 0.2) is 23.3 Å². The number of aryl methyl sites for hydroxylation is 1. The van der Waals surface area contributed by atoms with Crippen molar-refractivity contribution in [3.8, 4) is 0 Å². The third kappa shape index (κ3) is 3.27. The fraction of sp³-hybridized carbons (Fsp3) is 0.500. The normalized spacial score (nSPS) is 20.7. The van der Waals surface area contributed by atoms with E-state index in [0.717, 1.165) is 49.2 Å². The molecule has 0 radical (unpaired) electrons. The van der Waals surface area contributed by atoms with E-state index in [1.165, 1.54) is 5.56 Å². The second-order valence-corrected chi connectivity index (χ2v) is 6.40. The summed E-state index contributed by atoms with van der Waals surface area (Å²) >= 11 is 0. The Bertz CT molecular complexity index is 684. The number of hydrogen-bond donors (Lipinski definition) is 2. The number of carbonyl (C=O) groups excluding carboxylic acids is 2. The number of anilines is 1. The van der Waals surface area contributed by atoms with Crippen LogP contribution in [0.25, 0.3) is 0 Å². The summed E-state index contributed by atoms with van der Waals surface area (Å²) in [6.45, 7) is 4.83. The van der Waals surface area contributed by atoms with Crippen LogP contribution in [0.2, 0.25) is 0 Å². The van der Waals surface area contributed by atoms with Gasteiger partial charge in [0, 0.05) is 24.2 Å². The molecule has 0 aliphatic carbocycles. The number of nitrogens with zero attached hydrogens (tertiary/aromatic N) is 2. The molecule has 0 spiro atoms. The molecule has 0 fully saturated rings. The standard InChI is InChI=1S/C18H24N4O2/c1-3-4-10-22-15-9-8-14(11-13(15)6-5-7-16(22)23)17-12(2)19-18(24)21-20-17/h8-9,11-12H,3-7,10H2,1-2H3,(H2,19,21,24). The number of amides is 3. The largest absolute Gasteiger partial charge is 0.335 e. The highest BCUT2D eigenvalue weighted by Gasteiger charge is 2.25. The number of rotatable bonds is 4. The molecule has 1 aromatic carbocycles. The monoisotopic (exact) mass is 328 g/mol. The predicted octanol–water partition coefficient (Wildman–Crippen LogP) is 2.56. The first kappa shape index (κ1) is 16.5. The molecule has 1 unspecified atom stereocenters. The molecule has 1 aromatic rings. The van der Waals surface area contributed by atoms with Crippen molar-refractivity contribution in [3.63, 3.8) is 0 Å². The summed E-state index contributed by atoms with van der Waals surface area (Å²) in [5.41, 5.74) is 6.47. The number of urea groups is 1. The zero-order valence-electron chi connectivity index (χ0n) is 14.3. The molecule has 128 valence electrons. The van der Waals surface area contributed by atoms with Gasteiger partial charge >= 0.3 is 6.03 Å². The van der Waals surface area contributed by atoms with Gasteiger partial charge in [0.15, 0.2) is 0 Å². The molecule has 2 aliphatic heterocycles. The average molecular weight is 328 g/mol. The Morgan fingerprint density at radius 3 is 2.88 bits per heavy atom. The summed E-state index contributed by atoms with van der Waals surface area (Å²) in [7, 11) is 0. The second-order valence-electron chi connectivity index (χ2n) is 6.40. The zero-order valence-corrected chi connectivity index (χ0v) is 14.3. The van der Waals surface area contributed by atoms with Crippen LogP contribution in [0.4, 0.5) is 10.5 Å². The van der Waals surface area contributed by atoms with E-state index in [9.17, 15) is 9.59 Å². The molecule has 0 bridgehead atoms. The van der Waals surface area contributed by atoms with Crippen LogP contribution in [0.5, 0.6) is 0 Å². The SMILES string of the molecule is CCCCN1C(=O)CCCc2cc(C3=NNC(=O)NC3C)ccc21. The minimum atomic E-state index is -0.280. The Morgan fingerprint density at radius 1 is 1.29 bits per heavy atom. The van der Waals surface area contributed by atoms with Gasteiger partial charge in [0.1, 0.15) is 0 Å². The van der Waals surface area contributed by atoms with Crippen LogP contribution in [-0.2, 0) is 11.2 Å². The third-order valence-electron chi connectivity index (χ3n) is 4.57. The fourth-order valence-electron chi connectivity index (χ4n) is 3.29. The maximum absolute atomic E-state index is 12.4. The number of fused-ring (bicyclic) bond motifs is 1. The van der Waals surface area contributed by atoms with E-state index in [2.05, 4.69) is 28.8 Å². The highest BCUT2D eigenvalue weighted by Crippen LogP contribution is 2.29.